The second-order valence-corrected chi connectivity index (χ2v) is 11.5. The molecule has 47 heavy (non-hydrogen) atoms. The molecule has 3 aromatic rings. The molecule has 0 spiro atoms. The van der Waals surface area contributed by atoms with E-state index in [-0.39, 0.29) is 23.5 Å². The van der Waals surface area contributed by atoms with Crippen molar-refractivity contribution in [2.75, 3.05) is 27.4 Å². The van der Waals surface area contributed by atoms with E-state index in [2.05, 4.69) is 0 Å². The van der Waals surface area contributed by atoms with E-state index in [0.717, 1.165) is 60.7 Å². The summed E-state index contributed by atoms with van der Waals surface area (Å²) in [5.41, 5.74) is 1.11. The van der Waals surface area contributed by atoms with E-state index < -0.39 is 17.8 Å². The molecular weight excluding hydrogens is 600 g/mol. The number of benzene rings is 3. The highest BCUT2D eigenvalue weighted by Crippen LogP contribution is 2.37. The van der Waals surface area contributed by atoms with Crippen LogP contribution in [0, 0.1) is 0 Å². The molecule has 5 N–H and O–H groups in total. The lowest BCUT2D eigenvalue weighted by Gasteiger charge is -2.30. The number of aliphatic hydroxyl groups excluding tert-OH is 2. The number of ether oxygens (including phenoxy) is 4. The molecule has 0 radical (unpaired) electrons. The molecule has 3 aromatic carbocycles. The number of aliphatic hydroxyl groups is 3. The Kier molecular flexibility index (Phi) is 17.4. The summed E-state index contributed by atoms with van der Waals surface area (Å²) in [6.45, 7) is 5.49. The summed E-state index contributed by atoms with van der Waals surface area (Å²) < 4.78 is 20.6. The number of carbonyl (C=O) groups is 1. The van der Waals surface area contributed by atoms with Crippen LogP contribution >= 0.6 is 0 Å². The van der Waals surface area contributed by atoms with Crippen LogP contribution in [-0.4, -0.2) is 78.4 Å². The van der Waals surface area contributed by atoms with Gasteiger partial charge < -0.3 is 39.7 Å². The summed E-state index contributed by atoms with van der Waals surface area (Å²) in [5, 5.41) is 29.8. The Labute approximate surface area is 279 Å². The quantitative estimate of drug-likeness (QED) is 0.321. The highest BCUT2D eigenvalue weighted by molar-refractivity contribution is 5.90. The van der Waals surface area contributed by atoms with Crippen LogP contribution in [0.3, 0.4) is 0 Å². The Morgan fingerprint density at radius 3 is 1.45 bits per heavy atom. The first kappa shape index (κ1) is 39.6. The fourth-order valence-electron chi connectivity index (χ4n) is 5.28. The van der Waals surface area contributed by atoms with Gasteiger partial charge in [-0.25, -0.2) is 0 Å². The van der Waals surface area contributed by atoms with Crippen molar-refractivity contribution < 1.29 is 44.5 Å². The van der Waals surface area contributed by atoms with Crippen molar-refractivity contribution in [3.8, 4) is 11.5 Å². The monoisotopic (exact) mass is 652 g/mol. The van der Waals surface area contributed by atoms with E-state index in [0.29, 0.717) is 0 Å². The van der Waals surface area contributed by atoms with Gasteiger partial charge >= 0.3 is 0 Å². The van der Waals surface area contributed by atoms with Gasteiger partial charge in [-0.05, 0) is 93.0 Å². The summed E-state index contributed by atoms with van der Waals surface area (Å²) >= 11 is 0. The van der Waals surface area contributed by atoms with Gasteiger partial charge in [-0.3, -0.25) is 4.79 Å². The molecule has 2 saturated heterocycles. The first-order valence-electron chi connectivity index (χ1n) is 16.1. The van der Waals surface area contributed by atoms with Crippen LogP contribution in [-0.2, 0) is 19.9 Å². The number of allylic oxidation sites excluding steroid dienone is 2. The third-order valence-corrected chi connectivity index (χ3v) is 8.12. The highest BCUT2D eigenvalue weighted by atomic mass is 16.5. The standard InChI is InChI=1S/C21H20O3.C6H12O3.C6H8O.C5H10O.H2O/c1-23-19-12-8-17(9-13-19)21(22,16-6-4-3-5-7-16)18-10-14-20(24-2)15-11-18;1-3-5(7)6(8)4(2)9-3;7-6-4-2-1-3-5-6;1-2-4-6-5-3-1;/h3-15,22H,1-2H3;3-8H,1-2H3;2,4H,1,3,5H2;1-5H2;1H2. The third-order valence-electron chi connectivity index (χ3n) is 8.12. The van der Waals surface area contributed by atoms with Gasteiger partial charge in [-0.1, -0.05) is 60.7 Å². The van der Waals surface area contributed by atoms with Crippen molar-refractivity contribution in [3.05, 3.63) is 108 Å². The van der Waals surface area contributed by atoms with Gasteiger partial charge in [0.05, 0.1) is 26.4 Å². The molecule has 3 aliphatic rings. The molecule has 0 amide bonds. The van der Waals surface area contributed by atoms with E-state index >= 15 is 0 Å². The summed E-state index contributed by atoms with van der Waals surface area (Å²) in [6.07, 6.45) is 8.57. The van der Waals surface area contributed by atoms with Crippen LogP contribution in [0.4, 0.5) is 0 Å². The van der Waals surface area contributed by atoms with Gasteiger partial charge in [0.15, 0.2) is 5.78 Å². The Morgan fingerprint density at radius 1 is 0.702 bits per heavy atom. The molecule has 4 atom stereocenters. The van der Waals surface area contributed by atoms with Crippen LogP contribution in [0.15, 0.2) is 91.0 Å². The minimum atomic E-state index is -1.25. The first-order valence-corrected chi connectivity index (χ1v) is 16.1. The van der Waals surface area contributed by atoms with E-state index in [4.69, 9.17) is 29.2 Å². The number of hydrogen-bond donors (Lipinski definition) is 3. The van der Waals surface area contributed by atoms with Crippen LogP contribution in [0.2, 0.25) is 0 Å². The summed E-state index contributed by atoms with van der Waals surface area (Å²) in [5.74, 6) is 1.79. The maximum atomic E-state index is 11.7. The third kappa shape index (κ3) is 11.9. The average Bonchev–Trinajstić information content (AvgIpc) is 3.34. The van der Waals surface area contributed by atoms with Gasteiger partial charge in [0.1, 0.15) is 29.3 Å². The van der Waals surface area contributed by atoms with Crippen molar-refractivity contribution in [3.63, 3.8) is 0 Å². The SMILES string of the molecule is C1CCOCC1.CC1OC(C)C(O)C1O.COc1ccc(C(O)(c2ccccc2)c2ccc(OC)cc2)cc1.O.O=C1C=CCCC1. The number of rotatable bonds is 5. The Morgan fingerprint density at radius 2 is 1.17 bits per heavy atom. The molecule has 4 unspecified atom stereocenters. The maximum Gasteiger partial charge on any atom is 0.155 e. The molecule has 0 saturated carbocycles. The highest BCUT2D eigenvalue weighted by Gasteiger charge is 2.37. The number of methoxy groups -OCH3 is 2. The molecule has 0 aromatic heterocycles. The average molecular weight is 653 g/mol. The largest absolute Gasteiger partial charge is 0.497 e. The summed E-state index contributed by atoms with van der Waals surface area (Å²) in [4.78, 5) is 10.4. The van der Waals surface area contributed by atoms with E-state index in [9.17, 15) is 9.90 Å². The van der Waals surface area contributed by atoms with Crippen LogP contribution in [0.25, 0.3) is 0 Å². The smallest absolute Gasteiger partial charge is 0.155 e. The minimum Gasteiger partial charge on any atom is -0.497 e. The van der Waals surface area contributed by atoms with Gasteiger partial charge in [-0.15, -0.1) is 0 Å². The topological polar surface area (TPSA) is 146 Å². The van der Waals surface area contributed by atoms with Crippen molar-refractivity contribution >= 4 is 5.78 Å². The van der Waals surface area contributed by atoms with Crippen LogP contribution < -0.4 is 9.47 Å². The fraction of sp³-hybridized carbons (Fsp3) is 0.447. The van der Waals surface area contributed by atoms with Gasteiger partial charge in [0.2, 0.25) is 0 Å². The fourth-order valence-corrected chi connectivity index (χ4v) is 5.28. The molecule has 258 valence electrons. The lowest BCUT2D eigenvalue weighted by Crippen LogP contribution is -2.30. The Hall–Kier alpha value is -3.57. The zero-order valence-electron chi connectivity index (χ0n) is 28.0. The first-order chi connectivity index (χ1) is 22.2. The number of ketones is 1. The van der Waals surface area contributed by atoms with Crippen molar-refractivity contribution in [2.45, 2.75) is 82.4 Å². The lowest BCUT2D eigenvalue weighted by atomic mass is 9.80. The number of carbonyl (C=O) groups excluding carboxylic acids is 1. The zero-order chi connectivity index (χ0) is 33.4. The minimum absolute atomic E-state index is 0. The molecule has 2 heterocycles. The summed E-state index contributed by atoms with van der Waals surface area (Å²) in [6, 6.07) is 24.6. The van der Waals surface area contributed by atoms with Crippen molar-refractivity contribution in [2.24, 2.45) is 0 Å². The van der Waals surface area contributed by atoms with Crippen LogP contribution in [0.1, 0.15) is 69.1 Å². The molecule has 6 rings (SSSR count). The predicted octanol–water partition coefficient (Wildman–Crippen LogP) is 5.16. The van der Waals surface area contributed by atoms with E-state index in [1.165, 1.54) is 19.3 Å². The Balaban J connectivity index is 0.000000270. The van der Waals surface area contributed by atoms with Crippen molar-refractivity contribution in [1.82, 2.24) is 0 Å². The van der Waals surface area contributed by atoms with Gasteiger partial charge in [0.25, 0.3) is 0 Å². The molecule has 2 aliphatic heterocycles. The van der Waals surface area contributed by atoms with Gasteiger partial charge in [0, 0.05) is 19.6 Å². The number of hydrogen-bond acceptors (Lipinski definition) is 8. The second kappa shape index (κ2) is 20.6. The zero-order valence-corrected chi connectivity index (χ0v) is 28.0. The lowest BCUT2D eigenvalue weighted by molar-refractivity contribution is -0.114. The predicted molar refractivity (Wildman–Crippen MR) is 183 cm³/mol. The van der Waals surface area contributed by atoms with E-state index in [1.54, 1.807) is 34.1 Å². The Bertz CT molecular complexity index is 1230. The maximum absolute atomic E-state index is 11.7. The molecule has 9 nitrogen and oxygen atoms in total. The van der Waals surface area contributed by atoms with E-state index in [1.807, 2.05) is 84.9 Å². The molecule has 1 aliphatic carbocycles. The normalized spacial score (nSPS) is 21.7. The summed E-state index contributed by atoms with van der Waals surface area (Å²) in [7, 11) is 3.25. The van der Waals surface area contributed by atoms with Crippen molar-refractivity contribution in [1.29, 1.82) is 0 Å². The second-order valence-electron chi connectivity index (χ2n) is 11.5. The molecule has 0 bridgehead atoms. The van der Waals surface area contributed by atoms with Gasteiger partial charge in [-0.2, -0.15) is 0 Å². The molecule has 2 fully saturated rings. The van der Waals surface area contributed by atoms with Crippen LogP contribution in [0.5, 0.6) is 11.5 Å². The molecular formula is C38H52O9. The molecule has 9 heteroatoms.